The minimum absolute atomic E-state index is 0.127. The molecule has 0 saturated heterocycles. The molecule has 0 fully saturated rings. The summed E-state index contributed by atoms with van der Waals surface area (Å²) >= 11 is 0. The predicted molar refractivity (Wildman–Crippen MR) is 101 cm³/mol. The second-order valence-corrected chi connectivity index (χ2v) is 6.61. The number of benzene rings is 2. The van der Waals surface area contributed by atoms with E-state index in [9.17, 15) is 4.79 Å². The van der Waals surface area contributed by atoms with Crippen molar-refractivity contribution >= 4 is 11.6 Å². The third-order valence-corrected chi connectivity index (χ3v) is 4.51. The van der Waals surface area contributed by atoms with Crippen LogP contribution in [0.25, 0.3) is 0 Å². The molecule has 5 heteroatoms. The van der Waals surface area contributed by atoms with Gasteiger partial charge >= 0.3 is 0 Å². The summed E-state index contributed by atoms with van der Waals surface area (Å²) in [6, 6.07) is 17.8. The monoisotopic (exact) mass is 352 g/mol. The Morgan fingerprint density at radius 2 is 2.04 bits per heavy atom. The maximum Gasteiger partial charge on any atom is 0.267 e. The molecule has 0 bridgehead atoms. The number of methoxy groups -OCH3 is 1. The van der Waals surface area contributed by atoms with E-state index in [1.165, 1.54) is 5.56 Å². The molecule has 1 unspecified atom stereocenters. The summed E-state index contributed by atoms with van der Waals surface area (Å²) in [5, 5.41) is 7.08. The third-order valence-electron chi connectivity index (χ3n) is 4.51. The van der Waals surface area contributed by atoms with Gasteiger partial charge in [-0.05, 0) is 43.0 Å². The predicted octanol–water partition coefficient (Wildman–Crippen LogP) is 3.33. The second kappa shape index (κ2) is 8.04. The lowest BCUT2D eigenvalue weighted by molar-refractivity contribution is -0.141. The molecular weight excluding hydrogens is 328 g/mol. The van der Waals surface area contributed by atoms with Crippen molar-refractivity contribution in [2.75, 3.05) is 13.7 Å². The number of ether oxygens (including phenoxy) is 1. The maximum atomic E-state index is 12.5. The topological polar surface area (TPSA) is 59.9 Å². The van der Waals surface area contributed by atoms with Crippen LogP contribution in [-0.4, -0.2) is 30.9 Å². The highest BCUT2D eigenvalue weighted by atomic mass is 16.7. The summed E-state index contributed by atoms with van der Waals surface area (Å²) < 4.78 is 5.23. The van der Waals surface area contributed by atoms with Gasteiger partial charge in [-0.25, -0.2) is 0 Å². The second-order valence-electron chi connectivity index (χ2n) is 6.61. The van der Waals surface area contributed by atoms with E-state index in [2.05, 4.69) is 16.5 Å². The fourth-order valence-electron chi connectivity index (χ4n) is 2.96. The highest BCUT2D eigenvalue weighted by Gasteiger charge is 2.41. The van der Waals surface area contributed by atoms with E-state index in [0.29, 0.717) is 13.0 Å². The molecule has 5 nitrogen and oxygen atoms in total. The number of nitrogens with zero attached hydrogens (tertiary/aromatic N) is 1. The first-order valence-electron chi connectivity index (χ1n) is 8.82. The van der Waals surface area contributed by atoms with E-state index in [4.69, 9.17) is 9.57 Å². The van der Waals surface area contributed by atoms with Gasteiger partial charge in [-0.3, -0.25) is 4.79 Å². The molecule has 1 atom stereocenters. The first-order chi connectivity index (χ1) is 12.6. The Hall–Kier alpha value is -2.82. The zero-order valence-corrected chi connectivity index (χ0v) is 15.2. The summed E-state index contributed by atoms with van der Waals surface area (Å²) in [5.74, 6) is 0.724. The van der Waals surface area contributed by atoms with Gasteiger partial charge in [0.15, 0.2) is 0 Å². The highest BCUT2D eigenvalue weighted by Crippen LogP contribution is 2.26. The largest absolute Gasteiger partial charge is 0.497 e. The molecule has 26 heavy (non-hydrogen) atoms. The van der Waals surface area contributed by atoms with Crippen LogP contribution in [0.15, 0.2) is 59.8 Å². The number of rotatable bonds is 7. The van der Waals surface area contributed by atoms with Crippen LogP contribution in [0.3, 0.4) is 0 Å². The van der Waals surface area contributed by atoms with Gasteiger partial charge in [-0.15, -0.1) is 0 Å². The van der Waals surface area contributed by atoms with Crippen LogP contribution in [-0.2, 0) is 16.1 Å². The molecule has 0 aliphatic carbocycles. The molecule has 0 aromatic heterocycles. The Morgan fingerprint density at radius 3 is 2.81 bits per heavy atom. The van der Waals surface area contributed by atoms with E-state index >= 15 is 0 Å². The van der Waals surface area contributed by atoms with Crippen LogP contribution in [0.2, 0.25) is 0 Å². The van der Waals surface area contributed by atoms with Gasteiger partial charge in [0.2, 0.25) is 5.60 Å². The summed E-state index contributed by atoms with van der Waals surface area (Å²) in [6.07, 6.45) is 2.20. The van der Waals surface area contributed by atoms with Crippen LogP contribution in [0.4, 0.5) is 0 Å². The van der Waals surface area contributed by atoms with Gasteiger partial charge in [-0.1, -0.05) is 47.6 Å². The van der Waals surface area contributed by atoms with Gasteiger partial charge in [-0.2, -0.15) is 0 Å². The molecule has 1 heterocycles. The molecule has 1 amide bonds. The first kappa shape index (κ1) is 18.0. The number of oxime groups is 1. The number of carbonyl (C=O) groups is 1. The van der Waals surface area contributed by atoms with Gasteiger partial charge in [0.1, 0.15) is 5.75 Å². The fraction of sp³-hybridized carbons (Fsp3) is 0.333. The van der Waals surface area contributed by atoms with Crippen LogP contribution in [0.1, 0.15) is 30.9 Å². The summed E-state index contributed by atoms with van der Waals surface area (Å²) in [6.45, 7) is 2.37. The molecular formula is C21H24N2O3. The molecule has 136 valence electrons. The van der Waals surface area contributed by atoms with Crippen molar-refractivity contribution in [3.8, 4) is 5.75 Å². The Labute approximate surface area is 154 Å². The summed E-state index contributed by atoms with van der Waals surface area (Å²) in [7, 11) is 1.66. The van der Waals surface area contributed by atoms with Crippen molar-refractivity contribution in [1.82, 2.24) is 5.32 Å². The Morgan fingerprint density at radius 1 is 1.23 bits per heavy atom. The molecule has 3 rings (SSSR count). The SMILES string of the molecule is COc1cccc(CCCNC(=O)C2(C)CC(c3ccccc3)=NO2)c1. The lowest BCUT2D eigenvalue weighted by Crippen LogP contribution is -2.45. The molecule has 0 spiro atoms. The maximum absolute atomic E-state index is 12.5. The molecule has 2 aromatic rings. The van der Waals surface area contributed by atoms with Crippen LogP contribution < -0.4 is 10.1 Å². The molecule has 1 aliphatic heterocycles. The third kappa shape index (κ3) is 4.23. The summed E-state index contributed by atoms with van der Waals surface area (Å²) in [5.41, 5.74) is 2.04. The van der Waals surface area contributed by atoms with Gasteiger partial charge < -0.3 is 14.9 Å². The van der Waals surface area contributed by atoms with Crippen molar-refractivity contribution in [1.29, 1.82) is 0 Å². The normalized spacial score (nSPS) is 18.8. The summed E-state index contributed by atoms with van der Waals surface area (Å²) in [4.78, 5) is 18.0. The van der Waals surface area contributed by atoms with E-state index in [0.717, 1.165) is 29.9 Å². The minimum atomic E-state index is -0.943. The Kier molecular flexibility index (Phi) is 5.56. The van der Waals surface area contributed by atoms with Crippen LogP contribution in [0, 0.1) is 0 Å². The zero-order valence-electron chi connectivity index (χ0n) is 15.2. The van der Waals surface area contributed by atoms with E-state index in [1.54, 1.807) is 14.0 Å². The number of hydrogen-bond acceptors (Lipinski definition) is 4. The molecule has 2 aromatic carbocycles. The zero-order chi connectivity index (χ0) is 18.4. The smallest absolute Gasteiger partial charge is 0.267 e. The van der Waals surface area contributed by atoms with Gasteiger partial charge in [0.25, 0.3) is 5.91 Å². The highest BCUT2D eigenvalue weighted by molar-refractivity contribution is 6.05. The molecule has 1 aliphatic rings. The van der Waals surface area contributed by atoms with Crippen molar-refractivity contribution in [3.63, 3.8) is 0 Å². The molecule has 1 N–H and O–H groups in total. The number of nitrogens with one attached hydrogen (secondary N) is 1. The van der Waals surface area contributed by atoms with Crippen molar-refractivity contribution < 1.29 is 14.4 Å². The average molecular weight is 352 g/mol. The lowest BCUT2D eigenvalue weighted by atomic mass is 9.95. The number of carbonyl (C=O) groups excluding carboxylic acids is 1. The fourth-order valence-corrected chi connectivity index (χ4v) is 2.96. The van der Waals surface area contributed by atoms with Crippen LogP contribution >= 0.6 is 0 Å². The average Bonchev–Trinajstić information content (AvgIpc) is 3.09. The first-order valence-corrected chi connectivity index (χ1v) is 8.82. The quantitative estimate of drug-likeness (QED) is 0.778. The van der Waals surface area contributed by atoms with E-state index < -0.39 is 5.60 Å². The van der Waals surface area contributed by atoms with Gasteiger partial charge in [0, 0.05) is 13.0 Å². The number of aryl methyl sites for hydroxylation is 1. The molecule has 0 radical (unpaired) electrons. The van der Waals surface area contributed by atoms with Gasteiger partial charge in [0.05, 0.1) is 12.8 Å². The van der Waals surface area contributed by atoms with Crippen LogP contribution in [0.5, 0.6) is 5.75 Å². The van der Waals surface area contributed by atoms with Crippen molar-refractivity contribution in [2.24, 2.45) is 5.16 Å². The molecule has 0 saturated carbocycles. The van der Waals surface area contributed by atoms with E-state index in [-0.39, 0.29) is 5.91 Å². The Balaban J connectivity index is 1.46. The van der Waals surface area contributed by atoms with Crippen molar-refractivity contribution in [3.05, 3.63) is 65.7 Å². The lowest BCUT2D eigenvalue weighted by Gasteiger charge is -2.20. The minimum Gasteiger partial charge on any atom is -0.497 e. The Bertz CT molecular complexity index is 789. The van der Waals surface area contributed by atoms with Crippen molar-refractivity contribution in [2.45, 2.75) is 31.8 Å². The standard InChI is InChI=1S/C21H24N2O3/c1-21(15-19(23-26-21)17-10-4-3-5-11-17)20(24)22-13-7-9-16-8-6-12-18(14-16)25-2/h3-6,8,10-12,14H,7,9,13,15H2,1-2H3,(H,22,24). The number of hydrogen-bond donors (Lipinski definition) is 1. The number of amides is 1. The van der Waals surface area contributed by atoms with E-state index in [1.807, 2.05) is 48.5 Å².